The molecule has 2 fully saturated rings. The Morgan fingerprint density at radius 2 is 1.94 bits per heavy atom. The number of alkyl halides is 1. The second-order valence-corrected chi connectivity index (χ2v) is 6.09. The summed E-state index contributed by atoms with van der Waals surface area (Å²) >= 11 is 3.65. The van der Waals surface area contributed by atoms with E-state index in [1.807, 2.05) is 13.0 Å². The zero-order valence-electron chi connectivity index (χ0n) is 10.2. The minimum Gasteiger partial charge on any atom is -0.390 e. The summed E-state index contributed by atoms with van der Waals surface area (Å²) in [5.41, 5.74) is 0. The molecular formula is C13H21BrO3. The summed E-state index contributed by atoms with van der Waals surface area (Å²) in [4.78, 5) is 0.368. The van der Waals surface area contributed by atoms with Crippen molar-refractivity contribution in [3.63, 3.8) is 0 Å². The van der Waals surface area contributed by atoms with Crippen LogP contribution in [0.1, 0.15) is 32.6 Å². The normalized spacial score (nSPS) is 46.3. The van der Waals surface area contributed by atoms with Crippen LogP contribution in [-0.2, 0) is 9.47 Å². The first-order chi connectivity index (χ1) is 8.15. The van der Waals surface area contributed by atoms with Crippen LogP contribution in [0, 0.1) is 0 Å². The van der Waals surface area contributed by atoms with Crippen molar-refractivity contribution < 1.29 is 14.6 Å². The van der Waals surface area contributed by atoms with Crippen molar-refractivity contribution in [2.24, 2.45) is 0 Å². The van der Waals surface area contributed by atoms with Crippen LogP contribution in [-0.4, -0.2) is 40.5 Å². The lowest BCUT2D eigenvalue weighted by Gasteiger charge is -2.19. The average molecular weight is 305 g/mol. The maximum Gasteiger partial charge on any atom is 0.0867 e. The Bertz CT molecular complexity index is 271. The molecule has 2 saturated heterocycles. The number of ether oxygens (including phenoxy) is 2. The van der Waals surface area contributed by atoms with Gasteiger partial charge in [0.15, 0.2) is 0 Å². The molecule has 2 heterocycles. The number of aliphatic hydroxyl groups is 1. The maximum absolute atomic E-state index is 9.85. The largest absolute Gasteiger partial charge is 0.390 e. The molecule has 0 aromatic carbocycles. The van der Waals surface area contributed by atoms with E-state index in [-0.39, 0.29) is 30.5 Å². The zero-order chi connectivity index (χ0) is 12.4. The van der Waals surface area contributed by atoms with Gasteiger partial charge in [-0.3, -0.25) is 0 Å². The smallest absolute Gasteiger partial charge is 0.0867 e. The van der Waals surface area contributed by atoms with Gasteiger partial charge in [0.05, 0.1) is 30.5 Å². The molecule has 0 aromatic heterocycles. The van der Waals surface area contributed by atoms with Crippen molar-refractivity contribution >= 4 is 15.9 Å². The highest BCUT2D eigenvalue weighted by Crippen LogP contribution is 2.36. The fourth-order valence-corrected chi connectivity index (χ4v) is 3.42. The van der Waals surface area contributed by atoms with Crippen LogP contribution < -0.4 is 0 Å². The van der Waals surface area contributed by atoms with Crippen molar-refractivity contribution in [2.45, 2.75) is 68.0 Å². The minimum atomic E-state index is -0.333. The highest BCUT2D eigenvalue weighted by Gasteiger charge is 2.43. The first kappa shape index (κ1) is 13.5. The Labute approximate surface area is 111 Å². The summed E-state index contributed by atoms with van der Waals surface area (Å²) in [7, 11) is 0. The molecule has 2 aliphatic rings. The van der Waals surface area contributed by atoms with E-state index < -0.39 is 0 Å². The van der Waals surface area contributed by atoms with Crippen molar-refractivity contribution in [1.82, 2.24) is 0 Å². The molecule has 1 N–H and O–H groups in total. The maximum atomic E-state index is 9.85. The predicted octanol–water partition coefficient (Wildman–Crippen LogP) is 2.41. The van der Waals surface area contributed by atoms with E-state index in [1.165, 1.54) is 0 Å². The third-order valence-electron chi connectivity index (χ3n) is 3.68. The van der Waals surface area contributed by atoms with E-state index in [0.29, 0.717) is 11.2 Å². The van der Waals surface area contributed by atoms with Crippen molar-refractivity contribution in [3.8, 4) is 0 Å². The minimum absolute atomic E-state index is 0.0178. The van der Waals surface area contributed by atoms with Gasteiger partial charge in [0, 0.05) is 11.2 Å². The molecule has 6 atom stereocenters. The molecule has 0 aromatic rings. The summed E-state index contributed by atoms with van der Waals surface area (Å²) in [5.74, 6) is 0. The third-order valence-corrected chi connectivity index (χ3v) is 4.64. The fourth-order valence-electron chi connectivity index (χ4n) is 2.71. The molecule has 0 bridgehead atoms. The van der Waals surface area contributed by atoms with Crippen LogP contribution >= 0.6 is 15.9 Å². The SMILES string of the molecule is C=CC[C@@H]1O[C@H]([C@H]2C[C@@H](O)[C@@H](CC)O2)C[C@H]1Br. The third kappa shape index (κ3) is 2.92. The monoisotopic (exact) mass is 304 g/mol. The van der Waals surface area contributed by atoms with Gasteiger partial charge >= 0.3 is 0 Å². The molecular weight excluding hydrogens is 284 g/mol. The Morgan fingerprint density at radius 1 is 1.29 bits per heavy atom. The van der Waals surface area contributed by atoms with E-state index >= 15 is 0 Å². The number of halogens is 1. The Hall–Kier alpha value is 0.100. The molecule has 0 aliphatic carbocycles. The number of hydrogen-bond acceptors (Lipinski definition) is 3. The van der Waals surface area contributed by atoms with Crippen LogP contribution in [0.4, 0.5) is 0 Å². The first-order valence-electron chi connectivity index (χ1n) is 6.39. The van der Waals surface area contributed by atoms with Gasteiger partial charge in [0.25, 0.3) is 0 Å². The average Bonchev–Trinajstić information content (AvgIpc) is 2.84. The topological polar surface area (TPSA) is 38.7 Å². The van der Waals surface area contributed by atoms with E-state index in [9.17, 15) is 5.11 Å². The lowest BCUT2D eigenvalue weighted by Crippen LogP contribution is -2.26. The number of aliphatic hydroxyl groups excluding tert-OH is 1. The van der Waals surface area contributed by atoms with Crippen LogP contribution in [0.3, 0.4) is 0 Å². The number of rotatable bonds is 4. The Kier molecular flexibility index (Phi) is 4.64. The first-order valence-corrected chi connectivity index (χ1v) is 7.31. The molecule has 0 saturated carbocycles. The van der Waals surface area contributed by atoms with Gasteiger partial charge in [-0.15, -0.1) is 6.58 Å². The summed E-state index contributed by atoms with van der Waals surface area (Å²) in [6, 6.07) is 0. The molecule has 0 unspecified atom stereocenters. The van der Waals surface area contributed by atoms with Gasteiger partial charge < -0.3 is 14.6 Å². The summed E-state index contributed by atoms with van der Waals surface area (Å²) < 4.78 is 11.8. The molecule has 3 nitrogen and oxygen atoms in total. The summed E-state index contributed by atoms with van der Waals surface area (Å²) in [6.45, 7) is 5.79. The van der Waals surface area contributed by atoms with Crippen molar-refractivity contribution in [1.29, 1.82) is 0 Å². The highest BCUT2D eigenvalue weighted by molar-refractivity contribution is 9.09. The van der Waals surface area contributed by atoms with Crippen LogP contribution in [0.15, 0.2) is 12.7 Å². The molecule has 2 rings (SSSR count). The Morgan fingerprint density at radius 3 is 2.53 bits per heavy atom. The standard InChI is InChI=1S/C13H21BrO3/c1-3-5-11-8(14)6-12(17-11)13-7-9(15)10(4-2)16-13/h3,8-13,15H,1,4-7H2,2H3/t8-,9-,10-,11+,12+,13-/m1/s1. The quantitative estimate of drug-likeness (QED) is 0.640. The second-order valence-electron chi connectivity index (χ2n) is 4.91. The lowest BCUT2D eigenvalue weighted by molar-refractivity contribution is -0.0692. The molecule has 17 heavy (non-hydrogen) atoms. The van der Waals surface area contributed by atoms with E-state index in [0.717, 1.165) is 19.3 Å². The molecule has 98 valence electrons. The van der Waals surface area contributed by atoms with Crippen LogP contribution in [0.5, 0.6) is 0 Å². The molecule has 0 radical (unpaired) electrons. The second kappa shape index (κ2) is 5.83. The fraction of sp³-hybridized carbons (Fsp3) is 0.846. The molecule has 0 amide bonds. The van der Waals surface area contributed by atoms with Gasteiger partial charge in [0.2, 0.25) is 0 Å². The Balaban J connectivity index is 1.90. The van der Waals surface area contributed by atoms with Crippen LogP contribution in [0.25, 0.3) is 0 Å². The molecule has 2 aliphatic heterocycles. The van der Waals surface area contributed by atoms with E-state index in [1.54, 1.807) is 0 Å². The van der Waals surface area contributed by atoms with Gasteiger partial charge in [-0.05, 0) is 19.3 Å². The predicted molar refractivity (Wildman–Crippen MR) is 70.4 cm³/mol. The van der Waals surface area contributed by atoms with Crippen LogP contribution in [0.2, 0.25) is 0 Å². The molecule has 0 spiro atoms. The summed E-state index contributed by atoms with van der Waals surface area (Å²) in [6.07, 6.45) is 5.25. The van der Waals surface area contributed by atoms with E-state index in [2.05, 4.69) is 22.5 Å². The summed E-state index contributed by atoms with van der Waals surface area (Å²) in [5, 5.41) is 9.85. The highest BCUT2D eigenvalue weighted by atomic mass is 79.9. The van der Waals surface area contributed by atoms with Crippen molar-refractivity contribution in [2.75, 3.05) is 0 Å². The van der Waals surface area contributed by atoms with Gasteiger partial charge in [-0.1, -0.05) is 28.9 Å². The van der Waals surface area contributed by atoms with E-state index in [4.69, 9.17) is 9.47 Å². The molecule has 4 heteroatoms. The van der Waals surface area contributed by atoms with Gasteiger partial charge in [-0.25, -0.2) is 0 Å². The van der Waals surface area contributed by atoms with Gasteiger partial charge in [0.1, 0.15) is 0 Å². The van der Waals surface area contributed by atoms with Gasteiger partial charge in [-0.2, -0.15) is 0 Å². The van der Waals surface area contributed by atoms with Crippen molar-refractivity contribution in [3.05, 3.63) is 12.7 Å². The lowest BCUT2D eigenvalue weighted by atomic mass is 10.0. The zero-order valence-corrected chi connectivity index (χ0v) is 11.8. The number of hydrogen-bond donors (Lipinski definition) is 1.